The summed E-state index contributed by atoms with van der Waals surface area (Å²) in [5, 5.41) is 0. The van der Waals surface area contributed by atoms with Crippen molar-refractivity contribution in [3.05, 3.63) is 30.1 Å². The zero-order valence-electron chi connectivity index (χ0n) is 11.3. The van der Waals surface area contributed by atoms with Gasteiger partial charge in [0, 0.05) is 6.04 Å². The first-order chi connectivity index (χ1) is 8.90. The van der Waals surface area contributed by atoms with Crippen LogP contribution in [0.25, 0.3) is 0 Å². The standard InChI is InChI=1S/C14H20FNO2S/c1-10-7-8-12(9-11(10)2)16-19(17,18)14-6-4-3-5-13(14)15/h3-6,10-12,16H,7-9H2,1-2H3. The van der Waals surface area contributed by atoms with Gasteiger partial charge in [-0.25, -0.2) is 17.5 Å². The topological polar surface area (TPSA) is 46.2 Å². The van der Waals surface area contributed by atoms with Crippen molar-refractivity contribution in [2.24, 2.45) is 11.8 Å². The van der Waals surface area contributed by atoms with E-state index in [9.17, 15) is 12.8 Å². The molecule has 1 fully saturated rings. The second-order valence-corrected chi connectivity index (χ2v) is 7.20. The van der Waals surface area contributed by atoms with Crippen molar-refractivity contribution in [1.29, 1.82) is 0 Å². The molecule has 3 nitrogen and oxygen atoms in total. The molecule has 2 rings (SSSR count). The van der Waals surface area contributed by atoms with Crippen molar-refractivity contribution in [2.45, 2.75) is 44.0 Å². The molecule has 3 atom stereocenters. The van der Waals surface area contributed by atoms with E-state index in [2.05, 4.69) is 18.6 Å². The van der Waals surface area contributed by atoms with E-state index in [1.165, 1.54) is 24.3 Å². The number of halogens is 1. The number of rotatable bonds is 3. The number of hydrogen-bond donors (Lipinski definition) is 1. The van der Waals surface area contributed by atoms with E-state index in [0.29, 0.717) is 11.8 Å². The summed E-state index contributed by atoms with van der Waals surface area (Å²) >= 11 is 0. The second kappa shape index (κ2) is 5.59. The van der Waals surface area contributed by atoms with Gasteiger partial charge >= 0.3 is 0 Å². The molecular formula is C14H20FNO2S. The Morgan fingerprint density at radius 2 is 1.84 bits per heavy atom. The highest BCUT2D eigenvalue weighted by molar-refractivity contribution is 7.89. The summed E-state index contributed by atoms with van der Waals surface area (Å²) in [6.07, 6.45) is 2.64. The maximum atomic E-state index is 13.6. The zero-order valence-corrected chi connectivity index (χ0v) is 12.1. The molecule has 19 heavy (non-hydrogen) atoms. The van der Waals surface area contributed by atoms with Gasteiger partial charge < -0.3 is 0 Å². The van der Waals surface area contributed by atoms with Crippen LogP contribution in [0.3, 0.4) is 0 Å². The Hall–Kier alpha value is -0.940. The molecule has 5 heteroatoms. The van der Waals surface area contributed by atoms with Crippen LogP contribution in [-0.2, 0) is 10.0 Å². The Morgan fingerprint density at radius 3 is 2.47 bits per heavy atom. The van der Waals surface area contributed by atoms with Gasteiger partial charge in [0.1, 0.15) is 10.7 Å². The number of nitrogens with one attached hydrogen (secondary N) is 1. The lowest BCUT2D eigenvalue weighted by Crippen LogP contribution is -2.40. The molecule has 0 bridgehead atoms. The highest BCUT2D eigenvalue weighted by atomic mass is 32.2. The van der Waals surface area contributed by atoms with E-state index >= 15 is 0 Å². The third kappa shape index (κ3) is 3.34. The van der Waals surface area contributed by atoms with Gasteiger partial charge in [-0.1, -0.05) is 26.0 Å². The highest BCUT2D eigenvalue weighted by Gasteiger charge is 2.29. The van der Waals surface area contributed by atoms with Gasteiger partial charge in [-0.15, -0.1) is 0 Å². The average molecular weight is 285 g/mol. The molecular weight excluding hydrogens is 265 g/mol. The molecule has 0 heterocycles. The fourth-order valence-corrected chi connectivity index (χ4v) is 3.96. The van der Waals surface area contributed by atoms with E-state index in [4.69, 9.17) is 0 Å². The number of hydrogen-bond acceptors (Lipinski definition) is 2. The first-order valence-corrected chi connectivity index (χ1v) is 8.15. The monoisotopic (exact) mass is 285 g/mol. The van der Waals surface area contributed by atoms with Gasteiger partial charge in [0.25, 0.3) is 0 Å². The maximum absolute atomic E-state index is 13.6. The van der Waals surface area contributed by atoms with Crippen LogP contribution in [-0.4, -0.2) is 14.5 Å². The lowest BCUT2D eigenvalue weighted by atomic mass is 9.79. The largest absolute Gasteiger partial charge is 0.243 e. The summed E-state index contributed by atoms with van der Waals surface area (Å²) in [7, 11) is -3.76. The van der Waals surface area contributed by atoms with Crippen LogP contribution in [0.1, 0.15) is 33.1 Å². The van der Waals surface area contributed by atoms with Crippen molar-refractivity contribution in [3.63, 3.8) is 0 Å². The van der Waals surface area contributed by atoms with Crippen LogP contribution in [0, 0.1) is 17.7 Å². The average Bonchev–Trinajstić information content (AvgIpc) is 2.34. The zero-order chi connectivity index (χ0) is 14.0. The lowest BCUT2D eigenvalue weighted by molar-refractivity contribution is 0.241. The number of sulfonamides is 1. The quantitative estimate of drug-likeness (QED) is 0.928. The molecule has 1 aliphatic rings. The van der Waals surface area contributed by atoms with E-state index in [0.717, 1.165) is 19.3 Å². The minimum atomic E-state index is -3.76. The second-order valence-electron chi connectivity index (χ2n) is 5.52. The van der Waals surface area contributed by atoms with Gasteiger partial charge in [0.05, 0.1) is 0 Å². The van der Waals surface area contributed by atoms with Crippen LogP contribution in [0.2, 0.25) is 0 Å². The van der Waals surface area contributed by atoms with Crippen molar-refractivity contribution in [2.75, 3.05) is 0 Å². The third-order valence-electron chi connectivity index (χ3n) is 4.05. The van der Waals surface area contributed by atoms with Crippen LogP contribution < -0.4 is 4.72 Å². The SMILES string of the molecule is CC1CCC(NS(=O)(=O)c2ccccc2F)CC1C. The van der Waals surface area contributed by atoms with E-state index in [1.54, 1.807) is 0 Å². The molecule has 1 aromatic rings. The van der Waals surface area contributed by atoms with Crippen molar-refractivity contribution in [3.8, 4) is 0 Å². The normalized spacial score (nSPS) is 28.3. The fourth-order valence-electron chi connectivity index (χ4n) is 2.60. The van der Waals surface area contributed by atoms with E-state index in [1.807, 2.05) is 0 Å². The molecule has 3 unspecified atom stereocenters. The van der Waals surface area contributed by atoms with Gasteiger partial charge in [0.2, 0.25) is 10.0 Å². The fraction of sp³-hybridized carbons (Fsp3) is 0.571. The Kier molecular flexibility index (Phi) is 4.26. The minimum absolute atomic E-state index is 0.0872. The summed E-state index contributed by atoms with van der Waals surface area (Å²) in [4.78, 5) is -0.263. The van der Waals surface area contributed by atoms with Gasteiger partial charge in [-0.2, -0.15) is 0 Å². The smallest absolute Gasteiger partial charge is 0.208 e. The lowest BCUT2D eigenvalue weighted by Gasteiger charge is -2.32. The van der Waals surface area contributed by atoms with Crippen LogP contribution in [0.15, 0.2) is 29.2 Å². The summed E-state index contributed by atoms with van der Waals surface area (Å²) < 4.78 is 40.5. The number of benzene rings is 1. The van der Waals surface area contributed by atoms with Crippen molar-refractivity contribution >= 4 is 10.0 Å². The molecule has 1 aliphatic carbocycles. The van der Waals surface area contributed by atoms with Crippen LogP contribution >= 0.6 is 0 Å². The first kappa shape index (κ1) is 14.5. The Bertz CT molecular complexity index is 544. The molecule has 106 valence electrons. The summed E-state index contributed by atoms with van der Waals surface area (Å²) in [6.45, 7) is 4.32. The Morgan fingerprint density at radius 1 is 1.16 bits per heavy atom. The highest BCUT2D eigenvalue weighted by Crippen LogP contribution is 2.30. The molecule has 0 saturated heterocycles. The van der Waals surface area contributed by atoms with E-state index < -0.39 is 15.8 Å². The molecule has 1 aromatic carbocycles. The van der Waals surface area contributed by atoms with E-state index in [-0.39, 0.29) is 10.9 Å². The van der Waals surface area contributed by atoms with Crippen molar-refractivity contribution in [1.82, 2.24) is 4.72 Å². The minimum Gasteiger partial charge on any atom is -0.208 e. The van der Waals surface area contributed by atoms with Gasteiger partial charge in [0.15, 0.2) is 0 Å². The molecule has 0 aliphatic heterocycles. The molecule has 1 saturated carbocycles. The molecule has 0 amide bonds. The van der Waals surface area contributed by atoms with Crippen molar-refractivity contribution < 1.29 is 12.8 Å². The molecule has 0 radical (unpaired) electrons. The third-order valence-corrected chi connectivity index (χ3v) is 5.60. The van der Waals surface area contributed by atoms with Crippen LogP contribution in [0.5, 0.6) is 0 Å². The predicted molar refractivity (Wildman–Crippen MR) is 72.7 cm³/mol. The summed E-state index contributed by atoms with van der Waals surface area (Å²) in [5.74, 6) is 0.406. The molecule has 1 N–H and O–H groups in total. The first-order valence-electron chi connectivity index (χ1n) is 6.67. The summed E-state index contributed by atoms with van der Waals surface area (Å²) in [6, 6.07) is 5.39. The van der Waals surface area contributed by atoms with Gasteiger partial charge in [-0.3, -0.25) is 0 Å². The predicted octanol–water partition coefficient (Wildman–Crippen LogP) is 2.93. The molecule has 0 aromatic heterocycles. The maximum Gasteiger partial charge on any atom is 0.243 e. The Labute approximate surface area is 114 Å². The summed E-state index contributed by atoms with van der Waals surface area (Å²) in [5.41, 5.74) is 0. The van der Waals surface area contributed by atoms with Crippen LogP contribution in [0.4, 0.5) is 4.39 Å². The molecule has 0 spiro atoms. The van der Waals surface area contributed by atoms with Gasteiger partial charge in [-0.05, 0) is 43.2 Å². The Balaban J connectivity index is 2.12.